The summed E-state index contributed by atoms with van der Waals surface area (Å²) in [7, 11) is 1.64. The molecule has 1 atom stereocenters. The average Bonchev–Trinajstić information content (AvgIpc) is 2.79. The Kier molecular flexibility index (Phi) is 6.03. The van der Waals surface area contributed by atoms with Crippen LogP contribution < -0.4 is 0 Å². The summed E-state index contributed by atoms with van der Waals surface area (Å²) in [4.78, 5) is 0. The largest absolute Gasteiger partial charge is 0.383 e. The van der Waals surface area contributed by atoms with Crippen LogP contribution in [0, 0.1) is 3.57 Å². The molecular weight excluding hydrogens is 503 g/mol. The molecule has 1 N–H and O–H groups in total. The first kappa shape index (κ1) is 16.4. The first-order chi connectivity index (χ1) is 9.54. The summed E-state index contributed by atoms with van der Waals surface area (Å²) in [5.41, 5.74) is 1.54. The van der Waals surface area contributed by atoms with Gasteiger partial charge >= 0.3 is 0 Å². The normalized spacial score (nSPS) is 12.7. The smallest absolute Gasteiger partial charge is 0.123 e. The molecular formula is C13H13Br2IN2O2. The Bertz CT molecular complexity index is 604. The van der Waals surface area contributed by atoms with E-state index in [0.717, 1.165) is 23.8 Å². The first-order valence-corrected chi connectivity index (χ1v) is 8.54. The fourth-order valence-corrected chi connectivity index (χ4v) is 3.36. The van der Waals surface area contributed by atoms with Crippen molar-refractivity contribution >= 4 is 54.5 Å². The molecule has 2 rings (SSSR count). The van der Waals surface area contributed by atoms with Gasteiger partial charge in [-0.2, -0.15) is 5.10 Å². The van der Waals surface area contributed by atoms with Crippen molar-refractivity contribution in [2.75, 3.05) is 13.7 Å². The van der Waals surface area contributed by atoms with E-state index >= 15 is 0 Å². The third-order valence-electron chi connectivity index (χ3n) is 2.85. The van der Waals surface area contributed by atoms with Crippen LogP contribution in [-0.4, -0.2) is 28.6 Å². The number of rotatable bonds is 5. The van der Waals surface area contributed by atoms with Crippen molar-refractivity contribution in [1.82, 2.24) is 9.78 Å². The molecule has 20 heavy (non-hydrogen) atoms. The van der Waals surface area contributed by atoms with Gasteiger partial charge in [0.2, 0.25) is 0 Å². The number of benzene rings is 1. The molecule has 0 saturated heterocycles. The van der Waals surface area contributed by atoms with E-state index in [1.807, 2.05) is 18.2 Å². The SMILES string of the molecule is COCCn1ncc(Br)c1C(O)c1cc(I)ccc1Br. The lowest BCUT2D eigenvalue weighted by molar-refractivity contribution is 0.171. The minimum absolute atomic E-state index is 0.543. The summed E-state index contributed by atoms with van der Waals surface area (Å²) in [6.07, 6.45) is 0.934. The summed E-state index contributed by atoms with van der Waals surface area (Å²) in [6.45, 7) is 1.14. The summed E-state index contributed by atoms with van der Waals surface area (Å²) < 4.78 is 9.55. The van der Waals surface area contributed by atoms with Crippen molar-refractivity contribution in [2.45, 2.75) is 12.6 Å². The van der Waals surface area contributed by atoms with Crippen molar-refractivity contribution in [3.63, 3.8) is 0 Å². The van der Waals surface area contributed by atoms with Gasteiger partial charge in [0, 0.05) is 20.7 Å². The van der Waals surface area contributed by atoms with Crippen LogP contribution in [0.4, 0.5) is 0 Å². The highest BCUT2D eigenvalue weighted by Crippen LogP contribution is 2.33. The second-order valence-electron chi connectivity index (χ2n) is 4.16. The number of halogens is 3. The highest BCUT2D eigenvalue weighted by atomic mass is 127. The van der Waals surface area contributed by atoms with Gasteiger partial charge in [0.05, 0.1) is 29.5 Å². The Labute approximate surface area is 147 Å². The van der Waals surface area contributed by atoms with Gasteiger partial charge in [0.15, 0.2) is 0 Å². The molecule has 1 unspecified atom stereocenters. The minimum atomic E-state index is -0.757. The maximum Gasteiger partial charge on any atom is 0.123 e. The van der Waals surface area contributed by atoms with Crippen molar-refractivity contribution in [1.29, 1.82) is 0 Å². The number of aliphatic hydroxyl groups is 1. The van der Waals surface area contributed by atoms with Crippen molar-refractivity contribution in [3.05, 3.63) is 48.2 Å². The highest BCUT2D eigenvalue weighted by molar-refractivity contribution is 14.1. The summed E-state index contributed by atoms with van der Waals surface area (Å²) >= 11 is 9.16. The maximum atomic E-state index is 10.7. The number of hydrogen-bond acceptors (Lipinski definition) is 3. The van der Waals surface area contributed by atoms with Crippen LogP contribution in [0.15, 0.2) is 33.3 Å². The Morgan fingerprint density at radius 3 is 2.85 bits per heavy atom. The molecule has 0 aliphatic carbocycles. The monoisotopic (exact) mass is 514 g/mol. The third kappa shape index (κ3) is 3.62. The van der Waals surface area contributed by atoms with Gasteiger partial charge in [-0.25, -0.2) is 0 Å². The van der Waals surface area contributed by atoms with Crippen LogP contribution in [-0.2, 0) is 11.3 Å². The molecule has 108 valence electrons. The van der Waals surface area contributed by atoms with E-state index in [2.05, 4.69) is 59.5 Å². The second-order valence-corrected chi connectivity index (χ2v) is 7.12. The first-order valence-electron chi connectivity index (χ1n) is 5.87. The van der Waals surface area contributed by atoms with Crippen LogP contribution in [0.3, 0.4) is 0 Å². The zero-order chi connectivity index (χ0) is 14.7. The van der Waals surface area contributed by atoms with Gasteiger partial charge in [0.25, 0.3) is 0 Å². The average molecular weight is 516 g/mol. The number of aliphatic hydroxyl groups excluding tert-OH is 1. The molecule has 4 nitrogen and oxygen atoms in total. The zero-order valence-electron chi connectivity index (χ0n) is 10.7. The molecule has 0 aliphatic heterocycles. The van der Waals surface area contributed by atoms with Crippen molar-refractivity contribution in [3.8, 4) is 0 Å². The number of hydrogen-bond donors (Lipinski definition) is 1. The number of aromatic nitrogens is 2. The van der Waals surface area contributed by atoms with Crippen LogP contribution in [0.1, 0.15) is 17.4 Å². The molecule has 1 aromatic carbocycles. The van der Waals surface area contributed by atoms with E-state index in [1.165, 1.54) is 0 Å². The molecule has 0 fully saturated rings. The second kappa shape index (κ2) is 7.35. The maximum absolute atomic E-state index is 10.7. The molecule has 2 aromatic rings. The summed E-state index contributed by atoms with van der Waals surface area (Å²) in [5.74, 6) is 0. The Balaban J connectivity index is 2.39. The van der Waals surface area contributed by atoms with E-state index in [-0.39, 0.29) is 0 Å². The minimum Gasteiger partial charge on any atom is -0.383 e. The predicted molar refractivity (Wildman–Crippen MR) is 92.7 cm³/mol. The standard InChI is InChI=1S/C13H13Br2IN2O2/c1-20-5-4-18-12(11(15)7-17-18)13(19)9-6-8(16)2-3-10(9)14/h2-3,6-7,13,19H,4-5H2,1H3. The van der Waals surface area contributed by atoms with E-state index in [0.29, 0.717) is 13.2 Å². The third-order valence-corrected chi connectivity index (χ3v) is 4.86. The van der Waals surface area contributed by atoms with Gasteiger partial charge in [-0.3, -0.25) is 4.68 Å². The van der Waals surface area contributed by atoms with Gasteiger partial charge in [-0.1, -0.05) is 15.9 Å². The predicted octanol–water partition coefficient (Wildman–Crippen LogP) is 3.74. The van der Waals surface area contributed by atoms with Crippen molar-refractivity contribution in [2.24, 2.45) is 0 Å². The molecule has 0 amide bonds. The molecule has 1 heterocycles. The summed E-state index contributed by atoms with van der Waals surface area (Å²) in [5, 5.41) is 14.9. The van der Waals surface area contributed by atoms with Crippen molar-refractivity contribution < 1.29 is 9.84 Å². The number of ether oxygens (including phenoxy) is 1. The van der Waals surface area contributed by atoms with Gasteiger partial charge in [0.1, 0.15) is 6.10 Å². The Hall–Kier alpha value is 0.0400. The molecule has 0 spiro atoms. The van der Waals surface area contributed by atoms with Gasteiger partial charge < -0.3 is 9.84 Å². The lowest BCUT2D eigenvalue weighted by Crippen LogP contribution is -2.14. The fraction of sp³-hybridized carbons (Fsp3) is 0.308. The molecule has 0 aliphatic rings. The van der Waals surface area contributed by atoms with E-state index in [9.17, 15) is 5.11 Å². The molecule has 1 aromatic heterocycles. The molecule has 0 radical (unpaired) electrons. The number of methoxy groups -OCH3 is 1. The van der Waals surface area contributed by atoms with E-state index < -0.39 is 6.10 Å². The lowest BCUT2D eigenvalue weighted by atomic mass is 10.1. The van der Waals surface area contributed by atoms with Gasteiger partial charge in [-0.05, 0) is 56.7 Å². The molecule has 0 bridgehead atoms. The Morgan fingerprint density at radius 2 is 2.15 bits per heavy atom. The lowest BCUT2D eigenvalue weighted by Gasteiger charge is -2.16. The van der Waals surface area contributed by atoms with Crippen LogP contribution >= 0.6 is 54.5 Å². The van der Waals surface area contributed by atoms with Gasteiger partial charge in [-0.15, -0.1) is 0 Å². The molecule has 7 heteroatoms. The zero-order valence-corrected chi connectivity index (χ0v) is 16.0. The summed E-state index contributed by atoms with van der Waals surface area (Å²) in [6, 6.07) is 5.87. The topological polar surface area (TPSA) is 47.3 Å². The fourth-order valence-electron chi connectivity index (χ4n) is 1.87. The van der Waals surface area contributed by atoms with Crippen LogP contribution in [0.5, 0.6) is 0 Å². The van der Waals surface area contributed by atoms with Crippen LogP contribution in [0.25, 0.3) is 0 Å². The van der Waals surface area contributed by atoms with E-state index in [1.54, 1.807) is 18.0 Å². The Morgan fingerprint density at radius 1 is 1.40 bits per heavy atom. The van der Waals surface area contributed by atoms with E-state index in [4.69, 9.17) is 4.74 Å². The number of nitrogens with zero attached hydrogens (tertiary/aromatic N) is 2. The van der Waals surface area contributed by atoms with Crippen LogP contribution in [0.2, 0.25) is 0 Å². The molecule has 0 saturated carbocycles. The quantitative estimate of drug-likeness (QED) is 0.617. The highest BCUT2D eigenvalue weighted by Gasteiger charge is 2.21.